The van der Waals surface area contributed by atoms with E-state index in [2.05, 4.69) is 10.6 Å². The molecule has 3 aromatic rings. The molecule has 234 valence electrons. The van der Waals surface area contributed by atoms with Crippen LogP contribution < -0.4 is 20.3 Å². The standard InChI is InChI=1S/C29H25F2N3O2.C6H11NO2/c30-24-13-19(5-6-20(24)17-36-27-3-1-2-21-22(27)16-33-28(21)35)23-14-29(23)8-10-34(11-9-29)26-7-4-18(15-32)12-25(26)31;1-7-6(9)4-2-3-5-8/h1-7,12-13,23H,8-11,14,16-17H2,(H,33,35);5H,2-4H2,1H3,(H,7,9). The van der Waals surface area contributed by atoms with Gasteiger partial charge < -0.3 is 25.1 Å². The fraction of sp³-hybridized carbons (Fsp3) is 0.371. The van der Waals surface area contributed by atoms with Crippen LogP contribution in [0.2, 0.25) is 0 Å². The average Bonchev–Trinajstić information content (AvgIpc) is 3.62. The number of hydrogen-bond acceptors (Lipinski definition) is 6. The first-order chi connectivity index (χ1) is 21.8. The summed E-state index contributed by atoms with van der Waals surface area (Å²) in [5.74, 6) is 0.147. The first-order valence-corrected chi connectivity index (χ1v) is 15.2. The number of unbranched alkanes of at least 4 members (excludes halogenated alkanes) is 1. The highest BCUT2D eigenvalue weighted by molar-refractivity contribution is 5.99. The van der Waals surface area contributed by atoms with Crippen molar-refractivity contribution in [2.45, 2.75) is 57.6 Å². The number of carbonyl (C=O) groups is 3. The number of carbonyl (C=O) groups excluding carboxylic acids is 3. The number of hydrogen-bond donors (Lipinski definition) is 2. The first kappa shape index (κ1) is 31.6. The number of nitrogens with one attached hydrogen (secondary N) is 2. The molecule has 0 bridgehead atoms. The van der Waals surface area contributed by atoms with Gasteiger partial charge in [0.25, 0.3) is 5.91 Å². The second-order valence-electron chi connectivity index (χ2n) is 11.7. The summed E-state index contributed by atoms with van der Waals surface area (Å²) in [6.45, 7) is 2.00. The molecule has 1 saturated heterocycles. The van der Waals surface area contributed by atoms with Crippen LogP contribution in [0.25, 0.3) is 0 Å². The Morgan fingerprint density at radius 1 is 1.16 bits per heavy atom. The third kappa shape index (κ3) is 7.14. The summed E-state index contributed by atoms with van der Waals surface area (Å²) in [4.78, 5) is 34.1. The Balaban J connectivity index is 0.000000390. The molecule has 6 rings (SSSR count). The number of benzene rings is 3. The number of halogens is 2. The normalized spacial score (nSPS) is 17.3. The van der Waals surface area contributed by atoms with E-state index in [0.29, 0.717) is 59.9 Å². The largest absolute Gasteiger partial charge is 0.488 e. The molecule has 1 atom stereocenters. The maximum Gasteiger partial charge on any atom is 0.252 e. The molecule has 2 N–H and O–H groups in total. The summed E-state index contributed by atoms with van der Waals surface area (Å²) >= 11 is 0. The average molecular weight is 615 g/mol. The molecule has 10 heteroatoms. The van der Waals surface area contributed by atoms with Crippen molar-refractivity contribution in [1.82, 2.24) is 10.6 Å². The van der Waals surface area contributed by atoms with Crippen LogP contribution >= 0.6 is 0 Å². The summed E-state index contributed by atoms with van der Waals surface area (Å²) in [6, 6.07) is 17.3. The maximum atomic E-state index is 15.0. The molecule has 1 aliphatic carbocycles. The van der Waals surface area contributed by atoms with Crippen LogP contribution in [-0.4, -0.2) is 38.2 Å². The molecule has 2 heterocycles. The lowest BCUT2D eigenvalue weighted by atomic mass is 9.88. The van der Waals surface area contributed by atoms with E-state index >= 15 is 4.39 Å². The Morgan fingerprint density at radius 2 is 1.96 bits per heavy atom. The van der Waals surface area contributed by atoms with Crippen molar-refractivity contribution in [1.29, 1.82) is 5.26 Å². The molecule has 0 aromatic heterocycles. The van der Waals surface area contributed by atoms with Gasteiger partial charge in [-0.1, -0.05) is 18.2 Å². The van der Waals surface area contributed by atoms with E-state index in [-0.39, 0.29) is 35.5 Å². The predicted molar refractivity (Wildman–Crippen MR) is 165 cm³/mol. The predicted octanol–water partition coefficient (Wildman–Crippen LogP) is 5.53. The van der Waals surface area contributed by atoms with Gasteiger partial charge in [-0.3, -0.25) is 9.59 Å². The Morgan fingerprint density at radius 3 is 2.64 bits per heavy atom. The Hall–Kier alpha value is -4.78. The van der Waals surface area contributed by atoms with Gasteiger partial charge in [0.1, 0.15) is 30.3 Å². The van der Waals surface area contributed by atoms with Crippen LogP contribution in [0.3, 0.4) is 0 Å². The number of aldehydes is 1. The number of ether oxygens (including phenoxy) is 1. The summed E-state index contributed by atoms with van der Waals surface area (Å²) in [5.41, 5.74) is 3.91. The molecular weight excluding hydrogens is 578 g/mol. The maximum absolute atomic E-state index is 15.0. The number of fused-ring (bicyclic) bond motifs is 1. The molecule has 45 heavy (non-hydrogen) atoms. The molecular formula is C35H36F2N4O4. The number of nitrogens with zero attached hydrogens (tertiary/aromatic N) is 2. The van der Waals surface area contributed by atoms with E-state index in [1.54, 1.807) is 49.5 Å². The Kier molecular flexibility index (Phi) is 9.77. The number of nitriles is 1. The molecule has 1 unspecified atom stereocenters. The van der Waals surface area contributed by atoms with Crippen molar-refractivity contribution in [2.24, 2.45) is 5.41 Å². The highest BCUT2D eigenvalue weighted by atomic mass is 19.1. The van der Waals surface area contributed by atoms with Gasteiger partial charge in [-0.2, -0.15) is 5.26 Å². The lowest BCUT2D eigenvalue weighted by Gasteiger charge is -2.35. The fourth-order valence-corrected chi connectivity index (χ4v) is 6.28. The monoisotopic (exact) mass is 614 g/mol. The van der Waals surface area contributed by atoms with Gasteiger partial charge in [-0.25, -0.2) is 8.78 Å². The third-order valence-corrected chi connectivity index (χ3v) is 9.04. The van der Waals surface area contributed by atoms with E-state index in [4.69, 9.17) is 10.00 Å². The van der Waals surface area contributed by atoms with Crippen molar-refractivity contribution < 1.29 is 27.9 Å². The minimum absolute atomic E-state index is 0.00292. The van der Waals surface area contributed by atoms with Crippen molar-refractivity contribution in [2.75, 3.05) is 25.0 Å². The van der Waals surface area contributed by atoms with Gasteiger partial charge >= 0.3 is 0 Å². The number of rotatable bonds is 9. The van der Waals surface area contributed by atoms with Gasteiger partial charge in [-0.05, 0) is 79.0 Å². The fourth-order valence-electron chi connectivity index (χ4n) is 6.28. The van der Waals surface area contributed by atoms with Gasteiger partial charge in [0.2, 0.25) is 5.91 Å². The second kappa shape index (κ2) is 13.9. The molecule has 2 amide bonds. The summed E-state index contributed by atoms with van der Waals surface area (Å²) in [5, 5.41) is 14.2. The zero-order valence-electron chi connectivity index (χ0n) is 25.2. The lowest BCUT2D eigenvalue weighted by Crippen LogP contribution is -2.35. The van der Waals surface area contributed by atoms with E-state index in [1.807, 2.05) is 17.0 Å². The molecule has 2 aliphatic heterocycles. The van der Waals surface area contributed by atoms with Crippen molar-refractivity contribution in [3.05, 3.63) is 94.0 Å². The molecule has 2 fully saturated rings. The summed E-state index contributed by atoms with van der Waals surface area (Å²) < 4.78 is 35.3. The molecule has 1 saturated carbocycles. The summed E-state index contributed by atoms with van der Waals surface area (Å²) in [7, 11) is 1.59. The van der Waals surface area contributed by atoms with Gasteiger partial charge in [0.05, 0.1) is 17.3 Å². The van der Waals surface area contributed by atoms with E-state index in [9.17, 15) is 18.8 Å². The summed E-state index contributed by atoms with van der Waals surface area (Å²) in [6.07, 6.45) is 5.28. The van der Waals surface area contributed by atoms with Crippen molar-refractivity contribution in [3.63, 3.8) is 0 Å². The SMILES string of the molecule is CNC(=O)CCCC=O.N#Cc1ccc(N2CCC3(CC2)CC3c2ccc(COc3cccc4c3CNC4=O)c(F)c2)c(F)c1. The van der Waals surface area contributed by atoms with Crippen LogP contribution in [0.1, 0.15) is 77.1 Å². The van der Waals surface area contributed by atoms with Gasteiger partial charge in [0.15, 0.2) is 0 Å². The molecule has 0 radical (unpaired) electrons. The van der Waals surface area contributed by atoms with Crippen LogP contribution in [-0.2, 0) is 22.7 Å². The van der Waals surface area contributed by atoms with Crippen molar-refractivity contribution >= 4 is 23.8 Å². The van der Waals surface area contributed by atoms with Crippen LogP contribution in [0.15, 0.2) is 54.6 Å². The Bertz CT molecular complexity index is 1630. The highest BCUT2D eigenvalue weighted by Gasteiger charge is 2.55. The van der Waals surface area contributed by atoms with Crippen LogP contribution in [0.4, 0.5) is 14.5 Å². The topological polar surface area (TPSA) is 112 Å². The molecule has 1 spiro atoms. The molecule has 3 aliphatic rings. The number of amides is 2. The minimum atomic E-state index is -0.361. The Labute approximate surface area is 261 Å². The molecule has 8 nitrogen and oxygen atoms in total. The zero-order valence-corrected chi connectivity index (χ0v) is 25.2. The van der Waals surface area contributed by atoms with Gasteiger partial charge in [0, 0.05) is 56.2 Å². The third-order valence-electron chi connectivity index (χ3n) is 9.04. The number of piperidine rings is 1. The van der Waals surface area contributed by atoms with Gasteiger partial charge in [-0.15, -0.1) is 0 Å². The first-order valence-electron chi connectivity index (χ1n) is 15.2. The number of anilines is 1. The lowest BCUT2D eigenvalue weighted by molar-refractivity contribution is -0.120. The smallest absolute Gasteiger partial charge is 0.252 e. The highest BCUT2D eigenvalue weighted by Crippen LogP contribution is 2.65. The zero-order chi connectivity index (χ0) is 32.0. The van der Waals surface area contributed by atoms with Crippen LogP contribution in [0.5, 0.6) is 5.75 Å². The van der Waals surface area contributed by atoms with E-state index < -0.39 is 0 Å². The minimum Gasteiger partial charge on any atom is -0.488 e. The van der Waals surface area contributed by atoms with Crippen molar-refractivity contribution in [3.8, 4) is 11.8 Å². The van der Waals surface area contributed by atoms with E-state index in [0.717, 1.165) is 49.8 Å². The molecule has 3 aromatic carbocycles. The van der Waals surface area contributed by atoms with Crippen LogP contribution in [0, 0.1) is 28.4 Å². The quantitative estimate of drug-likeness (QED) is 0.242. The van der Waals surface area contributed by atoms with E-state index in [1.165, 1.54) is 6.07 Å². The second-order valence-corrected chi connectivity index (χ2v) is 11.7.